The van der Waals surface area contributed by atoms with E-state index in [1.807, 2.05) is 43.3 Å². The fourth-order valence-electron chi connectivity index (χ4n) is 2.77. The average Bonchev–Trinajstić information content (AvgIpc) is 2.81. The van der Waals surface area contributed by atoms with E-state index in [0.29, 0.717) is 10.2 Å². The monoisotopic (exact) mass is 359 g/mol. The van der Waals surface area contributed by atoms with Crippen LogP contribution in [0.1, 0.15) is 30.2 Å². The fourth-order valence-corrected chi connectivity index (χ4v) is 3.05. The van der Waals surface area contributed by atoms with Gasteiger partial charge in [-0.15, -0.1) is 0 Å². The van der Waals surface area contributed by atoms with E-state index in [1.165, 1.54) is 7.11 Å². The quantitative estimate of drug-likeness (QED) is 0.552. The van der Waals surface area contributed by atoms with Gasteiger partial charge in [-0.05, 0) is 54.0 Å². The Labute approximate surface area is 150 Å². The largest absolute Gasteiger partial charge is 0.469 e. The number of hydrogen-bond acceptors (Lipinski definition) is 3. The number of aromatic nitrogens is 1. The number of methoxy groups -OCH3 is 1. The molecule has 1 heterocycles. The Bertz CT molecular complexity index is 867. The highest BCUT2D eigenvalue weighted by Gasteiger charge is 2.27. The van der Waals surface area contributed by atoms with Crippen LogP contribution in [-0.4, -0.2) is 18.1 Å². The van der Waals surface area contributed by atoms with Gasteiger partial charge in [-0.25, -0.2) is 4.98 Å². The molecule has 0 aliphatic heterocycles. The molecule has 0 amide bonds. The van der Waals surface area contributed by atoms with E-state index in [2.05, 4.69) is 4.98 Å². The third-order valence-corrected chi connectivity index (χ3v) is 4.49. The Morgan fingerprint density at radius 2 is 1.88 bits per heavy atom. The minimum absolute atomic E-state index is 0.205. The minimum Gasteiger partial charge on any atom is -0.469 e. The molecule has 0 fully saturated rings. The van der Waals surface area contributed by atoms with Gasteiger partial charge >= 0.3 is 5.97 Å². The van der Waals surface area contributed by atoms with Crippen LogP contribution in [0.5, 0.6) is 0 Å². The van der Waals surface area contributed by atoms with Gasteiger partial charge in [0.1, 0.15) is 5.15 Å². The first kappa shape index (κ1) is 16.7. The number of esters is 1. The molecule has 0 spiro atoms. The van der Waals surface area contributed by atoms with Crippen molar-refractivity contribution in [3.63, 3.8) is 0 Å². The molecule has 24 heavy (non-hydrogen) atoms. The van der Waals surface area contributed by atoms with Gasteiger partial charge in [-0.3, -0.25) is 4.79 Å². The van der Waals surface area contributed by atoms with Gasteiger partial charge < -0.3 is 4.74 Å². The molecule has 1 aromatic carbocycles. The molecule has 3 rings (SSSR count). The van der Waals surface area contributed by atoms with Crippen molar-refractivity contribution in [3.05, 3.63) is 69.0 Å². The predicted molar refractivity (Wildman–Crippen MR) is 97.8 cm³/mol. The van der Waals surface area contributed by atoms with Gasteiger partial charge in [-0.2, -0.15) is 0 Å². The van der Waals surface area contributed by atoms with Crippen molar-refractivity contribution >= 4 is 46.4 Å². The van der Waals surface area contributed by atoms with Crippen LogP contribution in [0.4, 0.5) is 0 Å². The molecule has 2 aromatic rings. The third-order valence-electron chi connectivity index (χ3n) is 4.03. The van der Waals surface area contributed by atoms with E-state index in [-0.39, 0.29) is 12.4 Å². The Balaban J connectivity index is 2.12. The Morgan fingerprint density at radius 1 is 1.17 bits per heavy atom. The van der Waals surface area contributed by atoms with Gasteiger partial charge in [0, 0.05) is 16.2 Å². The summed E-state index contributed by atoms with van der Waals surface area (Å²) in [6, 6.07) is 11.2. The Hall–Kier alpha value is -2.10. The SMILES string of the molecule is COC(=O)CC1=C(C)/C(=C/c2ccc(Cl)cc2)c2nc(Cl)ccc21. The molecular formula is C19H15Cl2NO2. The summed E-state index contributed by atoms with van der Waals surface area (Å²) in [6.45, 7) is 1.98. The second kappa shape index (κ2) is 6.80. The zero-order chi connectivity index (χ0) is 17.3. The van der Waals surface area contributed by atoms with E-state index < -0.39 is 0 Å². The number of benzene rings is 1. The lowest BCUT2D eigenvalue weighted by Crippen LogP contribution is -2.01. The summed E-state index contributed by atoms with van der Waals surface area (Å²) in [5, 5.41) is 1.10. The molecule has 0 saturated carbocycles. The highest BCUT2D eigenvalue weighted by molar-refractivity contribution is 6.30. The molecule has 0 radical (unpaired) electrons. The van der Waals surface area contributed by atoms with E-state index in [4.69, 9.17) is 27.9 Å². The molecule has 3 nitrogen and oxygen atoms in total. The summed E-state index contributed by atoms with van der Waals surface area (Å²) in [5.41, 5.74) is 5.58. The maximum atomic E-state index is 11.8. The third kappa shape index (κ3) is 3.23. The number of pyridine rings is 1. The zero-order valence-electron chi connectivity index (χ0n) is 13.3. The average molecular weight is 360 g/mol. The Kier molecular flexibility index (Phi) is 4.74. The summed E-state index contributed by atoms with van der Waals surface area (Å²) in [4.78, 5) is 16.2. The fraction of sp³-hybridized carbons (Fsp3) is 0.158. The van der Waals surface area contributed by atoms with Crippen molar-refractivity contribution in [2.24, 2.45) is 0 Å². The number of nitrogens with zero attached hydrogens (tertiary/aromatic N) is 1. The lowest BCUT2D eigenvalue weighted by atomic mass is 10.0. The number of halogens is 2. The van der Waals surface area contributed by atoms with Crippen LogP contribution in [-0.2, 0) is 9.53 Å². The summed E-state index contributed by atoms with van der Waals surface area (Å²) >= 11 is 12.0. The number of carbonyl (C=O) groups excluding carboxylic acids is 1. The van der Waals surface area contributed by atoms with Crippen LogP contribution in [0.15, 0.2) is 42.0 Å². The molecule has 0 unspecified atom stereocenters. The van der Waals surface area contributed by atoms with Gasteiger partial charge in [0.25, 0.3) is 0 Å². The summed E-state index contributed by atoms with van der Waals surface area (Å²) in [7, 11) is 1.39. The molecular weight excluding hydrogens is 345 g/mol. The zero-order valence-corrected chi connectivity index (χ0v) is 14.8. The van der Waals surface area contributed by atoms with Crippen LogP contribution in [0.25, 0.3) is 17.2 Å². The lowest BCUT2D eigenvalue weighted by Gasteiger charge is -2.04. The van der Waals surface area contributed by atoms with Crippen LogP contribution in [0, 0.1) is 0 Å². The summed E-state index contributed by atoms with van der Waals surface area (Å²) in [5.74, 6) is -0.280. The van der Waals surface area contributed by atoms with Gasteiger partial charge in [0.2, 0.25) is 0 Å². The summed E-state index contributed by atoms with van der Waals surface area (Å²) < 4.78 is 4.81. The number of carbonyl (C=O) groups is 1. The molecule has 5 heteroatoms. The topological polar surface area (TPSA) is 39.2 Å². The second-order valence-electron chi connectivity index (χ2n) is 5.50. The number of hydrogen-bond donors (Lipinski definition) is 0. The van der Waals surface area contributed by atoms with E-state index in [1.54, 1.807) is 6.07 Å². The minimum atomic E-state index is -0.280. The van der Waals surface area contributed by atoms with Gasteiger partial charge in [0.05, 0.1) is 19.2 Å². The van der Waals surface area contributed by atoms with Crippen LogP contribution in [0.3, 0.4) is 0 Å². The molecule has 0 saturated heterocycles. The highest BCUT2D eigenvalue weighted by Crippen LogP contribution is 2.43. The van der Waals surface area contributed by atoms with Gasteiger partial charge in [-0.1, -0.05) is 35.3 Å². The van der Waals surface area contributed by atoms with E-state index in [0.717, 1.165) is 33.5 Å². The Morgan fingerprint density at radius 3 is 2.54 bits per heavy atom. The van der Waals surface area contributed by atoms with Crippen molar-refractivity contribution in [2.75, 3.05) is 7.11 Å². The molecule has 1 aliphatic carbocycles. The standard InChI is InChI=1S/C19H15Cl2NO2/c1-11-15(10-18(23)24-2)14-7-8-17(21)22-19(14)16(11)9-12-3-5-13(20)6-4-12/h3-9H,10H2,1-2H3/b16-9-. The first-order valence-electron chi connectivity index (χ1n) is 7.41. The molecule has 1 aliphatic rings. The van der Waals surface area contributed by atoms with E-state index in [9.17, 15) is 4.79 Å². The smallest absolute Gasteiger partial charge is 0.310 e. The first-order chi connectivity index (χ1) is 11.5. The van der Waals surface area contributed by atoms with Crippen LogP contribution < -0.4 is 0 Å². The van der Waals surface area contributed by atoms with Gasteiger partial charge in [0.15, 0.2) is 0 Å². The van der Waals surface area contributed by atoms with E-state index >= 15 is 0 Å². The number of rotatable bonds is 3. The first-order valence-corrected chi connectivity index (χ1v) is 8.16. The maximum absolute atomic E-state index is 11.8. The van der Waals surface area contributed by atoms with Crippen molar-refractivity contribution in [1.29, 1.82) is 0 Å². The number of fused-ring (bicyclic) bond motifs is 1. The number of allylic oxidation sites excluding steroid dienone is 2. The van der Waals surface area contributed by atoms with Crippen molar-refractivity contribution in [2.45, 2.75) is 13.3 Å². The van der Waals surface area contributed by atoms with Crippen molar-refractivity contribution < 1.29 is 9.53 Å². The summed E-state index contributed by atoms with van der Waals surface area (Å²) in [6.07, 6.45) is 2.23. The van der Waals surface area contributed by atoms with Crippen LogP contribution >= 0.6 is 23.2 Å². The molecule has 0 N–H and O–H groups in total. The van der Waals surface area contributed by atoms with Crippen molar-refractivity contribution in [1.82, 2.24) is 4.98 Å². The van der Waals surface area contributed by atoms with Crippen molar-refractivity contribution in [3.8, 4) is 0 Å². The highest BCUT2D eigenvalue weighted by atomic mass is 35.5. The predicted octanol–water partition coefficient (Wildman–Crippen LogP) is 5.28. The molecule has 0 atom stereocenters. The van der Waals surface area contributed by atoms with Crippen LogP contribution in [0.2, 0.25) is 10.2 Å². The molecule has 122 valence electrons. The molecule has 1 aromatic heterocycles. The normalized spacial score (nSPS) is 14.9. The molecule has 0 bridgehead atoms. The maximum Gasteiger partial charge on any atom is 0.310 e. The number of ether oxygens (including phenoxy) is 1. The second-order valence-corrected chi connectivity index (χ2v) is 6.32. The lowest BCUT2D eigenvalue weighted by molar-refractivity contribution is -0.139.